The second-order valence-corrected chi connectivity index (χ2v) is 3.59. The van der Waals surface area contributed by atoms with Gasteiger partial charge in [0.15, 0.2) is 0 Å². The molecule has 1 atom stereocenters. The molecule has 0 radical (unpaired) electrons. The summed E-state index contributed by atoms with van der Waals surface area (Å²) in [6, 6.07) is 4.50. The van der Waals surface area contributed by atoms with E-state index in [0.717, 1.165) is 0 Å². The number of hydrogen-bond acceptors (Lipinski definition) is 4. The van der Waals surface area contributed by atoms with Crippen molar-refractivity contribution in [2.45, 2.75) is 19.4 Å². The van der Waals surface area contributed by atoms with Crippen LogP contribution in [0.4, 0.5) is 0 Å². The third-order valence-corrected chi connectivity index (χ3v) is 2.01. The molecule has 0 aliphatic rings. The van der Waals surface area contributed by atoms with Crippen LogP contribution in [0, 0.1) is 11.3 Å². The molecule has 1 aromatic rings. The van der Waals surface area contributed by atoms with Gasteiger partial charge in [0.2, 0.25) is 5.91 Å². The molecule has 0 saturated carbocycles. The first-order valence-electron chi connectivity index (χ1n) is 4.98. The lowest BCUT2D eigenvalue weighted by Gasteiger charge is -2.11. The SMILES string of the molecule is CC(CC(N)=O)NC(=O)c1ccc(C#N)cn1. The van der Waals surface area contributed by atoms with Gasteiger partial charge in [0.05, 0.1) is 5.56 Å². The van der Waals surface area contributed by atoms with E-state index in [1.54, 1.807) is 6.92 Å². The minimum atomic E-state index is -0.481. The molecule has 0 fully saturated rings. The highest BCUT2D eigenvalue weighted by Gasteiger charge is 2.12. The second kappa shape index (κ2) is 5.61. The smallest absolute Gasteiger partial charge is 0.270 e. The standard InChI is InChI=1S/C11H12N4O2/c1-7(4-10(13)16)15-11(17)9-3-2-8(5-12)6-14-9/h2-3,6-7H,4H2,1H3,(H2,13,16)(H,15,17). The Bertz CT molecular complexity index is 461. The van der Waals surface area contributed by atoms with Gasteiger partial charge in [-0.3, -0.25) is 9.59 Å². The maximum atomic E-state index is 11.6. The van der Waals surface area contributed by atoms with Crippen molar-refractivity contribution in [2.24, 2.45) is 5.73 Å². The van der Waals surface area contributed by atoms with Crippen molar-refractivity contribution in [2.75, 3.05) is 0 Å². The zero-order chi connectivity index (χ0) is 12.8. The van der Waals surface area contributed by atoms with Gasteiger partial charge in [0.25, 0.3) is 5.91 Å². The zero-order valence-electron chi connectivity index (χ0n) is 9.30. The molecule has 0 aliphatic carbocycles. The van der Waals surface area contributed by atoms with Crippen molar-refractivity contribution in [3.8, 4) is 6.07 Å². The van der Waals surface area contributed by atoms with Gasteiger partial charge in [-0.05, 0) is 19.1 Å². The first kappa shape index (κ1) is 12.6. The average Bonchev–Trinajstić information content (AvgIpc) is 2.28. The van der Waals surface area contributed by atoms with Crippen molar-refractivity contribution in [3.05, 3.63) is 29.6 Å². The van der Waals surface area contributed by atoms with E-state index in [1.807, 2.05) is 6.07 Å². The number of nitrogens with zero attached hydrogens (tertiary/aromatic N) is 2. The van der Waals surface area contributed by atoms with E-state index in [0.29, 0.717) is 5.56 Å². The van der Waals surface area contributed by atoms with E-state index in [4.69, 9.17) is 11.0 Å². The summed E-state index contributed by atoms with van der Waals surface area (Å²) in [5, 5.41) is 11.1. The number of hydrogen-bond donors (Lipinski definition) is 2. The highest BCUT2D eigenvalue weighted by atomic mass is 16.2. The van der Waals surface area contributed by atoms with E-state index in [9.17, 15) is 9.59 Å². The van der Waals surface area contributed by atoms with E-state index in [1.165, 1.54) is 18.3 Å². The zero-order valence-corrected chi connectivity index (χ0v) is 9.30. The normalized spacial score (nSPS) is 11.3. The van der Waals surface area contributed by atoms with E-state index in [-0.39, 0.29) is 18.2 Å². The van der Waals surface area contributed by atoms with Gasteiger partial charge in [-0.2, -0.15) is 5.26 Å². The van der Waals surface area contributed by atoms with Crippen LogP contribution in [0.25, 0.3) is 0 Å². The third-order valence-electron chi connectivity index (χ3n) is 2.01. The van der Waals surface area contributed by atoms with Crippen LogP contribution in [0.5, 0.6) is 0 Å². The number of carbonyl (C=O) groups is 2. The molecule has 0 saturated heterocycles. The van der Waals surface area contributed by atoms with Crippen molar-refractivity contribution in [1.29, 1.82) is 5.26 Å². The summed E-state index contributed by atoms with van der Waals surface area (Å²) < 4.78 is 0. The minimum Gasteiger partial charge on any atom is -0.370 e. The first-order chi connectivity index (χ1) is 8.02. The van der Waals surface area contributed by atoms with Crippen molar-refractivity contribution in [3.63, 3.8) is 0 Å². The molecule has 0 bridgehead atoms. The summed E-state index contributed by atoms with van der Waals surface area (Å²) in [6.07, 6.45) is 1.38. The first-order valence-corrected chi connectivity index (χ1v) is 4.98. The maximum Gasteiger partial charge on any atom is 0.270 e. The number of rotatable bonds is 4. The minimum absolute atomic E-state index is 0.0714. The molecule has 2 amide bonds. The lowest BCUT2D eigenvalue weighted by Crippen LogP contribution is -2.36. The monoisotopic (exact) mass is 232 g/mol. The predicted octanol–water partition coefficient (Wildman–Crippen LogP) is -0.0530. The molecule has 0 aromatic carbocycles. The summed E-state index contributed by atoms with van der Waals surface area (Å²) in [5.74, 6) is -0.881. The van der Waals surface area contributed by atoms with Gasteiger partial charge < -0.3 is 11.1 Å². The molecule has 1 aromatic heterocycles. The molecule has 3 N–H and O–H groups in total. The molecule has 6 nitrogen and oxygen atoms in total. The fraction of sp³-hybridized carbons (Fsp3) is 0.273. The summed E-state index contributed by atoms with van der Waals surface area (Å²) >= 11 is 0. The van der Waals surface area contributed by atoms with Crippen molar-refractivity contribution >= 4 is 11.8 Å². The molecule has 6 heteroatoms. The number of primary amides is 1. The number of carbonyl (C=O) groups excluding carboxylic acids is 2. The molecule has 0 spiro atoms. The molecular formula is C11H12N4O2. The van der Waals surface area contributed by atoms with Crippen molar-refractivity contribution < 1.29 is 9.59 Å². The van der Waals surface area contributed by atoms with Crippen LogP contribution in [0.15, 0.2) is 18.3 Å². The summed E-state index contributed by atoms with van der Waals surface area (Å²) in [5.41, 5.74) is 5.58. The van der Waals surface area contributed by atoms with Crippen LogP contribution < -0.4 is 11.1 Å². The van der Waals surface area contributed by atoms with Gasteiger partial charge in [0, 0.05) is 18.7 Å². The van der Waals surface area contributed by atoms with Crippen molar-refractivity contribution in [1.82, 2.24) is 10.3 Å². The Labute approximate surface area is 98.4 Å². The Morgan fingerprint density at radius 2 is 2.29 bits per heavy atom. The number of nitrogens with one attached hydrogen (secondary N) is 1. The van der Waals surface area contributed by atoms with Gasteiger partial charge in [-0.15, -0.1) is 0 Å². The third kappa shape index (κ3) is 3.91. The Morgan fingerprint density at radius 1 is 1.59 bits per heavy atom. The Balaban J connectivity index is 2.64. The van der Waals surface area contributed by atoms with Crippen LogP contribution in [0.3, 0.4) is 0 Å². The number of pyridine rings is 1. The second-order valence-electron chi connectivity index (χ2n) is 3.59. The fourth-order valence-electron chi connectivity index (χ4n) is 1.24. The Hall–Kier alpha value is -2.42. The number of amides is 2. The molecular weight excluding hydrogens is 220 g/mol. The van der Waals surface area contributed by atoms with Gasteiger partial charge >= 0.3 is 0 Å². The molecule has 1 rings (SSSR count). The number of nitrogens with two attached hydrogens (primary N) is 1. The topological polar surface area (TPSA) is 109 Å². The maximum absolute atomic E-state index is 11.6. The van der Waals surface area contributed by atoms with Gasteiger partial charge in [-0.25, -0.2) is 4.98 Å². The number of nitriles is 1. The molecule has 0 aliphatic heterocycles. The number of aromatic nitrogens is 1. The van der Waals surface area contributed by atoms with Crippen LogP contribution >= 0.6 is 0 Å². The van der Waals surface area contributed by atoms with E-state index in [2.05, 4.69) is 10.3 Å². The lowest BCUT2D eigenvalue weighted by molar-refractivity contribution is -0.118. The van der Waals surface area contributed by atoms with Gasteiger partial charge in [0.1, 0.15) is 11.8 Å². The quantitative estimate of drug-likeness (QED) is 0.758. The lowest BCUT2D eigenvalue weighted by atomic mass is 10.2. The van der Waals surface area contributed by atoms with Crippen LogP contribution in [-0.4, -0.2) is 22.8 Å². The Morgan fingerprint density at radius 3 is 2.76 bits per heavy atom. The van der Waals surface area contributed by atoms with Crippen LogP contribution in [0.1, 0.15) is 29.4 Å². The average molecular weight is 232 g/mol. The molecule has 17 heavy (non-hydrogen) atoms. The summed E-state index contributed by atoms with van der Waals surface area (Å²) in [6.45, 7) is 1.67. The largest absolute Gasteiger partial charge is 0.370 e. The van der Waals surface area contributed by atoms with E-state index < -0.39 is 11.8 Å². The molecule has 1 unspecified atom stereocenters. The predicted molar refractivity (Wildman–Crippen MR) is 59.7 cm³/mol. The highest BCUT2D eigenvalue weighted by molar-refractivity contribution is 5.92. The molecule has 1 heterocycles. The summed E-state index contributed by atoms with van der Waals surface area (Å²) in [4.78, 5) is 26.1. The van der Waals surface area contributed by atoms with Gasteiger partial charge in [-0.1, -0.05) is 0 Å². The Kier molecular flexibility index (Phi) is 4.17. The van der Waals surface area contributed by atoms with Crippen LogP contribution in [-0.2, 0) is 4.79 Å². The van der Waals surface area contributed by atoms with Crippen LogP contribution in [0.2, 0.25) is 0 Å². The summed E-state index contributed by atoms with van der Waals surface area (Å²) in [7, 11) is 0. The molecule has 88 valence electrons. The highest BCUT2D eigenvalue weighted by Crippen LogP contribution is 2.00. The van der Waals surface area contributed by atoms with E-state index >= 15 is 0 Å². The fourth-order valence-corrected chi connectivity index (χ4v) is 1.24.